The van der Waals surface area contributed by atoms with Crippen LogP contribution in [-0.4, -0.2) is 86.5 Å². The number of likely N-dealkylation sites (N-methyl/N-ethyl adjacent to an activating group) is 1. The van der Waals surface area contributed by atoms with Gasteiger partial charge in [-0.05, 0) is 97.9 Å². The number of aliphatic hydroxyl groups excluding tert-OH is 2. The molecule has 0 spiro atoms. The summed E-state index contributed by atoms with van der Waals surface area (Å²) in [5.74, 6) is -6.68. The largest absolute Gasteiger partial charge is 0.508 e. The van der Waals surface area contributed by atoms with Gasteiger partial charge in [-0.2, -0.15) is 0 Å². The maximum absolute atomic E-state index is 14.2. The second-order valence-electron chi connectivity index (χ2n) is 13.5. The lowest BCUT2D eigenvalue weighted by Gasteiger charge is -2.50. The fraction of sp³-hybridized carbons (Fsp3) is 0.395. The molecule has 6 rings (SSSR count). The number of benzene rings is 3. The number of carbonyl (C=O) groups excluding carboxylic acids is 3. The van der Waals surface area contributed by atoms with Crippen molar-refractivity contribution >= 4 is 34.0 Å². The summed E-state index contributed by atoms with van der Waals surface area (Å²) in [6.45, 7) is 7.16. The van der Waals surface area contributed by atoms with Gasteiger partial charge >= 0.3 is 0 Å². The van der Waals surface area contributed by atoms with Gasteiger partial charge in [0.15, 0.2) is 11.4 Å². The van der Waals surface area contributed by atoms with E-state index in [2.05, 4.69) is 43.0 Å². The Morgan fingerprint density at radius 3 is 2.21 bits per heavy atom. The quantitative estimate of drug-likeness (QED) is 0.211. The van der Waals surface area contributed by atoms with Crippen LogP contribution in [-0.2, 0) is 27.3 Å². The van der Waals surface area contributed by atoms with Crippen molar-refractivity contribution in [1.82, 2.24) is 9.80 Å². The van der Waals surface area contributed by atoms with Crippen LogP contribution in [0.2, 0.25) is 0 Å². The number of hydrogen-bond acceptors (Lipinski definition) is 9. The Bertz CT molecular complexity index is 1910. The molecule has 0 aromatic heterocycles. The molecule has 0 heterocycles. The van der Waals surface area contributed by atoms with Crippen molar-refractivity contribution in [2.45, 2.75) is 57.7 Å². The van der Waals surface area contributed by atoms with Crippen LogP contribution in [0.15, 0.2) is 65.4 Å². The zero-order valence-corrected chi connectivity index (χ0v) is 27.8. The van der Waals surface area contributed by atoms with Crippen LogP contribution < -0.4 is 5.73 Å². The molecule has 3 aromatic carbocycles. The molecule has 0 bridgehead atoms. The summed E-state index contributed by atoms with van der Waals surface area (Å²) in [5, 5.41) is 48.0. The molecule has 1 amide bonds. The summed E-state index contributed by atoms with van der Waals surface area (Å²) < 4.78 is 0. The smallest absolute Gasteiger partial charge is 0.255 e. The Balaban J connectivity index is 1.51. The van der Waals surface area contributed by atoms with E-state index < -0.39 is 58.0 Å². The molecule has 0 aliphatic heterocycles. The highest BCUT2D eigenvalue weighted by Crippen LogP contribution is 2.54. The number of phenolic OH excluding ortho intramolecular Hbond substituents is 1. The number of ketones is 2. The molecule has 3 aliphatic carbocycles. The highest BCUT2D eigenvalue weighted by atomic mass is 16.3. The van der Waals surface area contributed by atoms with Crippen molar-refractivity contribution in [1.29, 1.82) is 0 Å². The van der Waals surface area contributed by atoms with Crippen LogP contribution in [0.25, 0.3) is 27.7 Å². The molecule has 48 heavy (non-hydrogen) atoms. The van der Waals surface area contributed by atoms with E-state index >= 15 is 0 Å². The van der Waals surface area contributed by atoms with Gasteiger partial charge in [0.25, 0.3) is 5.91 Å². The number of nitrogens with zero attached hydrogens (tertiary/aromatic N) is 2. The van der Waals surface area contributed by atoms with Crippen molar-refractivity contribution in [3.05, 3.63) is 82.1 Å². The van der Waals surface area contributed by atoms with Gasteiger partial charge in [0.2, 0.25) is 5.78 Å². The number of aromatic hydroxyl groups is 1. The Labute approximate surface area is 279 Å². The molecule has 4 atom stereocenters. The number of aliphatic hydroxyl groups is 3. The van der Waals surface area contributed by atoms with Gasteiger partial charge in [0.1, 0.15) is 22.8 Å². The third-order valence-electron chi connectivity index (χ3n) is 10.4. The predicted octanol–water partition coefficient (Wildman–Crippen LogP) is 4.41. The van der Waals surface area contributed by atoms with Crippen LogP contribution >= 0.6 is 0 Å². The summed E-state index contributed by atoms with van der Waals surface area (Å²) in [6.07, 6.45) is 2.37. The molecular weight excluding hydrogens is 610 g/mol. The highest BCUT2D eigenvalue weighted by Gasteiger charge is 2.64. The van der Waals surface area contributed by atoms with E-state index in [0.717, 1.165) is 54.4 Å². The fourth-order valence-corrected chi connectivity index (χ4v) is 8.37. The zero-order chi connectivity index (χ0) is 34.7. The normalized spacial score (nSPS) is 23.9. The molecular formula is C38H43N3O7. The molecule has 6 N–H and O–H groups in total. The number of nitrogens with two attached hydrogens (primary N) is 1. The maximum atomic E-state index is 14.2. The number of amides is 1. The van der Waals surface area contributed by atoms with Crippen molar-refractivity contribution in [3.63, 3.8) is 0 Å². The van der Waals surface area contributed by atoms with Crippen LogP contribution in [0, 0.1) is 11.8 Å². The summed E-state index contributed by atoms with van der Waals surface area (Å²) in [5.41, 5.74) is 5.37. The zero-order valence-electron chi connectivity index (χ0n) is 27.8. The first-order chi connectivity index (χ1) is 22.9. The molecule has 10 nitrogen and oxygen atoms in total. The highest BCUT2D eigenvalue weighted by molar-refractivity contribution is 6.24. The van der Waals surface area contributed by atoms with E-state index in [0.29, 0.717) is 5.56 Å². The van der Waals surface area contributed by atoms with Gasteiger partial charge in [-0.3, -0.25) is 24.2 Å². The summed E-state index contributed by atoms with van der Waals surface area (Å²) in [6, 6.07) is 14.5. The molecule has 1 fully saturated rings. The van der Waals surface area contributed by atoms with Crippen LogP contribution in [0.1, 0.15) is 49.8 Å². The first-order valence-electron chi connectivity index (χ1n) is 16.6. The molecule has 3 aromatic rings. The number of rotatable bonds is 9. The van der Waals surface area contributed by atoms with Gasteiger partial charge in [0.05, 0.1) is 11.6 Å². The van der Waals surface area contributed by atoms with E-state index in [1.54, 1.807) is 14.1 Å². The maximum Gasteiger partial charge on any atom is 0.255 e. The second kappa shape index (κ2) is 12.5. The number of primary amides is 1. The van der Waals surface area contributed by atoms with Crippen LogP contribution in [0.4, 0.5) is 0 Å². The number of carbonyl (C=O) groups is 3. The Morgan fingerprint density at radius 1 is 0.938 bits per heavy atom. The Morgan fingerprint density at radius 2 is 1.58 bits per heavy atom. The van der Waals surface area contributed by atoms with Crippen molar-refractivity contribution < 1.29 is 34.8 Å². The van der Waals surface area contributed by atoms with Gasteiger partial charge in [-0.15, -0.1) is 0 Å². The Kier molecular flexibility index (Phi) is 8.70. The average Bonchev–Trinajstić information content (AvgIpc) is 3.03. The minimum atomic E-state index is -2.67. The topological polar surface area (TPSA) is 165 Å². The fourth-order valence-electron chi connectivity index (χ4n) is 8.37. The van der Waals surface area contributed by atoms with Gasteiger partial charge in [-0.25, -0.2) is 0 Å². The summed E-state index contributed by atoms with van der Waals surface area (Å²) in [4.78, 5) is 43.9. The lowest BCUT2D eigenvalue weighted by Crippen LogP contribution is -2.65. The first kappa shape index (κ1) is 33.4. The average molecular weight is 654 g/mol. The summed E-state index contributed by atoms with van der Waals surface area (Å²) >= 11 is 0. The second-order valence-corrected chi connectivity index (χ2v) is 13.5. The Hall–Kier alpha value is -4.51. The predicted molar refractivity (Wildman–Crippen MR) is 183 cm³/mol. The van der Waals surface area contributed by atoms with E-state index in [1.165, 1.54) is 16.5 Å². The molecule has 0 radical (unpaired) electrons. The van der Waals surface area contributed by atoms with Crippen molar-refractivity contribution in [3.8, 4) is 16.9 Å². The molecule has 10 heteroatoms. The standard InChI is InChI=1S/C38H43N3O7/c1-5-15-41(16-6-2)19-20-11-12-24(23-10-8-7-9-22(20)23)25-13-14-28(42)30-26(25)17-21-18-27-32(40(3)4)34(44)31(37(39)47)36(46)38(27,48)35(45)29(21)33(30)43/h7-14,21,27,32,42-43,46,48H,5-6,15-19H2,1-4H3,(H2,39,47)/t21-,27-,32?,38-/m0/s1. The van der Waals surface area contributed by atoms with E-state index in [4.69, 9.17) is 5.73 Å². The van der Waals surface area contributed by atoms with Crippen LogP contribution in [0.3, 0.4) is 0 Å². The van der Waals surface area contributed by atoms with E-state index in [1.807, 2.05) is 18.2 Å². The van der Waals surface area contributed by atoms with Gasteiger partial charge in [-0.1, -0.05) is 56.3 Å². The minimum Gasteiger partial charge on any atom is -0.508 e. The van der Waals surface area contributed by atoms with Crippen molar-refractivity contribution in [2.24, 2.45) is 17.6 Å². The van der Waals surface area contributed by atoms with Crippen LogP contribution in [0.5, 0.6) is 5.75 Å². The number of hydrogen-bond donors (Lipinski definition) is 5. The van der Waals surface area contributed by atoms with Gasteiger partial charge < -0.3 is 26.2 Å². The summed E-state index contributed by atoms with van der Waals surface area (Å²) in [7, 11) is 3.17. The number of fused-ring (bicyclic) bond motifs is 4. The monoisotopic (exact) mass is 653 g/mol. The third kappa shape index (κ3) is 5.01. The van der Waals surface area contributed by atoms with Crippen molar-refractivity contribution in [2.75, 3.05) is 27.2 Å². The SMILES string of the molecule is CCCN(CCC)Cc1ccc(-c2ccc(O)c3c2C[C@H]2C[C@H]4C(N(C)C)C(=O)C(C(N)=O)=C(O)[C@@]4(O)C(=O)C2=C3O)c2ccccc12. The van der Waals surface area contributed by atoms with E-state index in [-0.39, 0.29) is 29.7 Å². The molecule has 1 unspecified atom stereocenters. The molecule has 252 valence electrons. The number of phenols is 1. The van der Waals surface area contributed by atoms with Gasteiger partial charge in [0, 0.05) is 18.0 Å². The van der Waals surface area contributed by atoms with E-state index in [9.17, 15) is 34.8 Å². The molecule has 0 saturated heterocycles. The number of Topliss-reactive ketones (excluding diaryl/α,β-unsaturated/α-hetero) is 2. The minimum absolute atomic E-state index is 0.0330. The first-order valence-corrected chi connectivity index (χ1v) is 16.6. The lowest BCUT2D eigenvalue weighted by atomic mass is 9.57. The molecule has 1 saturated carbocycles. The lowest BCUT2D eigenvalue weighted by molar-refractivity contribution is -0.153. The molecule has 3 aliphatic rings. The third-order valence-corrected chi connectivity index (χ3v) is 10.4.